The van der Waals surface area contributed by atoms with Crippen molar-refractivity contribution in [3.8, 4) is 0 Å². The van der Waals surface area contributed by atoms with E-state index in [9.17, 15) is 4.79 Å². The van der Waals surface area contributed by atoms with Crippen molar-refractivity contribution in [2.45, 2.75) is 0 Å². The number of anilines is 2. The van der Waals surface area contributed by atoms with Gasteiger partial charge in [-0.05, 0) is 66.2 Å². The third-order valence-corrected chi connectivity index (χ3v) is 5.73. The van der Waals surface area contributed by atoms with E-state index in [0.717, 1.165) is 25.9 Å². The molecule has 1 amide bonds. The Kier molecular flexibility index (Phi) is 7.55. The molecule has 4 rings (SSSR count). The molecule has 0 bridgehead atoms. The van der Waals surface area contributed by atoms with Crippen LogP contribution in [-0.4, -0.2) is 12.1 Å². The van der Waals surface area contributed by atoms with Crippen molar-refractivity contribution in [1.29, 1.82) is 0 Å². The quantitative estimate of drug-likeness (QED) is 0.198. The highest BCUT2D eigenvalue weighted by atomic mass is 79.9. The van der Waals surface area contributed by atoms with Crippen LogP contribution in [0.1, 0.15) is 15.9 Å². The fourth-order valence-electron chi connectivity index (χ4n) is 3.02. The molecule has 0 radical (unpaired) electrons. The zero-order chi connectivity index (χ0) is 23.0. The van der Waals surface area contributed by atoms with Crippen LogP contribution >= 0.6 is 31.9 Å². The van der Waals surface area contributed by atoms with Crippen LogP contribution < -0.4 is 15.7 Å². The molecule has 0 aliphatic heterocycles. The number of hydrogen-bond acceptors (Lipinski definition) is 4. The number of carbonyl (C=O) groups is 1. The zero-order valence-corrected chi connectivity index (χ0v) is 20.6. The number of benzene rings is 4. The first-order valence-electron chi connectivity index (χ1n) is 10.2. The number of hydrazine groups is 2. The number of amides is 1. The van der Waals surface area contributed by atoms with Gasteiger partial charge in [-0.25, -0.2) is 5.43 Å². The zero-order valence-electron chi connectivity index (χ0n) is 17.5. The van der Waals surface area contributed by atoms with Gasteiger partial charge in [-0.3, -0.25) is 4.79 Å². The first-order chi connectivity index (χ1) is 16.1. The summed E-state index contributed by atoms with van der Waals surface area (Å²) in [4.78, 5) is 13.1. The fraction of sp³-hybridized carbons (Fsp3) is 0. The standard InChI is InChI=1S/C26H20Br2N4O/c27-22-11-15-24(16-12-22)31(29-19-20-7-3-1-4-8-20)32(25-17-13-23(28)14-18-25)30-26(33)21-9-5-2-6-10-21/h1-19H,(H,30,33)/b29-19+. The second-order valence-corrected chi connectivity index (χ2v) is 8.85. The largest absolute Gasteiger partial charge is 0.271 e. The molecule has 0 heterocycles. The number of carbonyl (C=O) groups excluding carboxylic acids is 1. The molecule has 4 aromatic carbocycles. The van der Waals surface area contributed by atoms with Gasteiger partial charge in [0.1, 0.15) is 0 Å². The lowest BCUT2D eigenvalue weighted by Crippen LogP contribution is -2.52. The molecule has 164 valence electrons. The lowest BCUT2D eigenvalue weighted by Gasteiger charge is -2.34. The molecule has 0 aliphatic carbocycles. The SMILES string of the molecule is O=C(NN(c1ccc(Br)cc1)N(/N=C/c1ccccc1)c1ccc(Br)cc1)c1ccccc1. The van der Waals surface area contributed by atoms with Crippen molar-refractivity contribution >= 4 is 55.4 Å². The van der Waals surface area contributed by atoms with Gasteiger partial charge < -0.3 is 0 Å². The van der Waals surface area contributed by atoms with Crippen LogP contribution in [0, 0.1) is 0 Å². The second kappa shape index (κ2) is 10.9. The maximum atomic E-state index is 13.1. The van der Waals surface area contributed by atoms with E-state index < -0.39 is 0 Å². The number of nitrogens with zero attached hydrogens (tertiary/aromatic N) is 3. The van der Waals surface area contributed by atoms with Crippen LogP contribution in [0.3, 0.4) is 0 Å². The molecule has 1 N–H and O–H groups in total. The molecular formula is C26H20Br2N4O. The Balaban J connectivity index is 1.77. The number of hydrogen-bond donors (Lipinski definition) is 1. The Bertz CT molecular complexity index is 1210. The number of nitrogens with one attached hydrogen (secondary N) is 1. The van der Waals surface area contributed by atoms with Crippen LogP contribution in [0.2, 0.25) is 0 Å². The minimum absolute atomic E-state index is 0.254. The van der Waals surface area contributed by atoms with Gasteiger partial charge in [-0.2, -0.15) is 15.3 Å². The van der Waals surface area contributed by atoms with Crippen LogP contribution in [0.5, 0.6) is 0 Å². The highest BCUT2D eigenvalue weighted by Gasteiger charge is 2.20. The topological polar surface area (TPSA) is 47.9 Å². The first kappa shape index (κ1) is 22.8. The van der Waals surface area contributed by atoms with E-state index in [1.165, 1.54) is 0 Å². The predicted octanol–water partition coefficient (Wildman–Crippen LogP) is 6.82. The molecule has 33 heavy (non-hydrogen) atoms. The summed E-state index contributed by atoms with van der Waals surface area (Å²) in [6.45, 7) is 0. The van der Waals surface area contributed by atoms with Crippen molar-refractivity contribution in [3.63, 3.8) is 0 Å². The minimum Gasteiger partial charge on any atom is -0.267 e. The molecule has 0 unspecified atom stereocenters. The molecule has 4 aromatic rings. The van der Waals surface area contributed by atoms with Crippen molar-refractivity contribution < 1.29 is 4.79 Å². The van der Waals surface area contributed by atoms with Gasteiger partial charge in [0.25, 0.3) is 5.91 Å². The summed E-state index contributed by atoms with van der Waals surface area (Å²) in [7, 11) is 0. The highest BCUT2D eigenvalue weighted by molar-refractivity contribution is 9.10. The Morgan fingerprint density at radius 3 is 1.79 bits per heavy atom. The highest BCUT2D eigenvalue weighted by Crippen LogP contribution is 2.25. The third kappa shape index (κ3) is 6.09. The van der Waals surface area contributed by atoms with E-state index in [1.807, 2.05) is 97.1 Å². The lowest BCUT2D eigenvalue weighted by atomic mass is 10.2. The normalized spacial score (nSPS) is 10.7. The van der Waals surface area contributed by atoms with Gasteiger partial charge in [0, 0.05) is 14.5 Å². The summed E-state index contributed by atoms with van der Waals surface area (Å²) < 4.78 is 1.88. The summed E-state index contributed by atoms with van der Waals surface area (Å²) in [5.74, 6) is -0.254. The lowest BCUT2D eigenvalue weighted by molar-refractivity contribution is 0.0947. The van der Waals surface area contributed by atoms with E-state index in [1.54, 1.807) is 28.6 Å². The molecule has 0 saturated heterocycles. The molecule has 0 atom stereocenters. The van der Waals surface area contributed by atoms with E-state index in [4.69, 9.17) is 5.10 Å². The van der Waals surface area contributed by atoms with Crippen LogP contribution in [-0.2, 0) is 0 Å². The molecule has 7 heteroatoms. The van der Waals surface area contributed by atoms with Crippen molar-refractivity contribution in [1.82, 2.24) is 5.43 Å². The van der Waals surface area contributed by atoms with Gasteiger partial charge >= 0.3 is 0 Å². The number of rotatable bonds is 7. The van der Waals surface area contributed by atoms with E-state index in [2.05, 4.69) is 37.3 Å². The summed E-state index contributed by atoms with van der Waals surface area (Å²) >= 11 is 6.96. The summed E-state index contributed by atoms with van der Waals surface area (Å²) in [5, 5.41) is 8.02. The van der Waals surface area contributed by atoms with Crippen molar-refractivity contribution in [2.24, 2.45) is 5.10 Å². The molecule has 0 aromatic heterocycles. The van der Waals surface area contributed by atoms with Crippen molar-refractivity contribution in [2.75, 3.05) is 10.2 Å². The number of halogens is 2. The first-order valence-corrected chi connectivity index (χ1v) is 11.7. The maximum Gasteiger partial charge on any atom is 0.271 e. The average molecular weight is 564 g/mol. The number of hydrazone groups is 1. The Morgan fingerprint density at radius 1 is 0.697 bits per heavy atom. The molecule has 5 nitrogen and oxygen atoms in total. The van der Waals surface area contributed by atoms with Gasteiger partial charge in [-0.1, -0.05) is 80.4 Å². The summed E-state index contributed by atoms with van der Waals surface area (Å²) in [6, 6.07) is 34.2. The fourth-order valence-corrected chi connectivity index (χ4v) is 3.55. The van der Waals surface area contributed by atoms with Crippen LogP contribution in [0.15, 0.2) is 123 Å². The van der Waals surface area contributed by atoms with Crippen LogP contribution in [0.25, 0.3) is 0 Å². The van der Waals surface area contributed by atoms with Crippen LogP contribution in [0.4, 0.5) is 11.4 Å². The minimum atomic E-state index is -0.254. The molecule has 0 spiro atoms. The average Bonchev–Trinajstić information content (AvgIpc) is 2.86. The second-order valence-electron chi connectivity index (χ2n) is 7.02. The molecule has 0 fully saturated rings. The van der Waals surface area contributed by atoms with Gasteiger partial charge in [0.2, 0.25) is 0 Å². The third-order valence-electron chi connectivity index (χ3n) is 4.68. The predicted molar refractivity (Wildman–Crippen MR) is 141 cm³/mol. The Labute approximate surface area is 209 Å². The Morgan fingerprint density at radius 2 is 1.21 bits per heavy atom. The Hall–Kier alpha value is -3.42. The molecular weight excluding hydrogens is 544 g/mol. The smallest absolute Gasteiger partial charge is 0.267 e. The maximum absolute atomic E-state index is 13.1. The van der Waals surface area contributed by atoms with Gasteiger partial charge in [-0.15, -0.1) is 0 Å². The van der Waals surface area contributed by atoms with Crippen molar-refractivity contribution in [3.05, 3.63) is 129 Å². The molecule has 0 aliphatic rings. The monoisotopic (exact) mass is 562 g/mol. The molecule has 0 saturated carbocycles. The van der Waals surface area contributed by atoms with E-state index >= 15 is 0 Å². The van der Waals surface area contributed by atoms with E-state index in [-0.39, 0.29) is 5.91 Å². The van der Waals surface area contributed by atoms with E-state index in [0.29, 0.717) is 5.56 Å². The van der Waals surface area contributed by atoms with Gasteiger partial charge in [0.05, 0.1) is 17.6 Å². The van der Waals surface area contributed by atoms with Gasteiger partial charge in [0.15, 0.2) is 0 Å². The summed E-state index contributed by atoms with van der Waals surface area (Å²) in [6.07, 6.45) is 1.75. The summed E-state index contributed by atoms with van der Waals surface area (Å²) in [5.41, 5.74) is 5.97.